The minimum absolute atomic E-state index is 0.0327. The lowest BCUT2D eigenvalue weighted by atomic mass is 9.94. The molecule has 0 aromatic carbocycles. The van der Waals surface area contributed by atoms with E-state index in [9.17, 15) is 19.6 Å². The number of nitro groups is 1. The zero-order valence-corrected chi connectivity index (χ0v) is 9.97. The van der Waals surface area contributed by atoms with Crippen LogP contribution in [-0.4, -0.2) is 22.2 Å². The molecule has 1 fully saturated rings. The van der Waals surface area contributed by atoms with Crippen molar-refractivity contribution < 1.29 is 19.2 Å². The van der Waals surface area contributed by atoms with Crippen molar-refractivity contribution in [2.24, 2.45) is 0 Å². The fourth-order valence-corrected chi connectivity index (χ4v) is 2.32. The highest BCUT2D eigenvalue weighted by atomic mass is 19.1. The van der Waals surface area contributed by atoms with Crippen LogP contribution >= 0.6 is 0 Å². The van der Waals surface area contributed by atoms with Crippen molar-refractivity contribution in [1.29, 1.82) is 0 Å². The summed E-state index contributed by atoms with van der Waals surface area (Å²) in [5, 5.41) is 20.6. The fraction of sp³-hybridized carbons (Fsp3) is 0.667. The van der Waals surface area contributed by atoms with Crippen molar-refractivity contribution in [1.82, 2.24) is 0 Å². The topological polar surface area (TPSA) is 72.6 Å². The number of aliphatic hydroxyl groups is 1. The molecule has 2 aliphatic carbocycles. The summed E-state index contributed by atoms with van der Waals surface area (Å²) in [4.78, 5) is 10.3. The largest absolute Gasteiger partial charge is 0.481 e. The van der Waals surface area contributed by atoms with Crippen LogP contribution in [0.2, 0.25) is 0 Å². The molecule has 0 spiro atoms. The van der Waals surface area contributed by atoms with E-state index >= 15 is 0 Å². The summed E-state index contributed by atoms with van der Waals surface area (Å²) in [6.07, 6.45) is 3.15. The van der Waals surface area contributed by atoms with Crippen LogP contribution in [0.1, 0.15) is 38.5 Å². The van der Waals surface area contributed by atoms with Crippen LogP contribution in [0.3, 0.4) is 0 Å². The lowest BCUT2D eigenvalue weighted by Gasteiger charge is -2.28. The quantitative estimate of drug-likeness (QED) is 0.622. The van der Waals surface area contributed by atoms with E-state index < -0.39 is 23.0 Å². The number of allylic oxidation sites excluding steroid dienone is 3. The Morgan fingerprint density at radius 3 is 2.78 bits per heavy atom. The fourth-order valence-electron chi connectivity index (χ4n) is 2.32. The minimum atomic E-state index is -0.627. The second-order valence-corrected chi connectivity index (χ2v) is 4.67. The van der Waals surface area contributed by atoms with Crippen molar-refractivity contribution in [2.45, 2.75) is 50.7 Å². The van der Waals surface area contributed by atoms with Gasteiger partial charge in [0.25, 0.3) is 5.70 Å². The van der Waals surface area contributed by atoms with Gasteiger partial charge in [-0.3, -0.25) is 10.1 Å². The van der Waals surface area contributed by atoms with Gasteiger partial charge in [-0.25, -0.2) is 4.39 Å². The van der Waals surface area contributed by atoms with Gasteiger partial charge in [-0.1, -0.05) is 6.42 Å². The van der Waals surface area contributed by atoms with E-state index in [1.807, 2.05) is 0 Å². The highest BCUT2D eigenvalue weighted by Gasteiger charge is 2.30. The molecule has 0 saturated heterocycles. The molecule has 100 valence electrons. The summed E-state index contributed by atoms with van der Waals surface area (Å²) in [6, 6.07) is 0. The highest BCUT2D eigenvalue weighted by Crippen LogP contribution is 2.30. The Morgan fingerprint density at radius 1 is 1.39 bits per heavy atom. The third-order valence-electron chi connectivity index (χ3n) is 3.34. The van der Waals surface area contributed by atoms with Gasteiger partial charge in [-0.15, -0.1) is 0 Å². The number of halogens is 1. The molecule has 1 saturated carbocycles. The van der Waals surface area contributed by atoms with E-state index in [0.29, 0.717) is 12.8 Å². The molecule has 6 heteroatoms. The summed E-state index contributed by atoms with van der Waals surface area (Å²) < 4.78 is 18.6. The molecule has 0 unspecified atom stereocenters. The zero-order chi connectivity index (χ0) is 13.1. The molecule has 1 N–H and O–H groups in total. The molecule has 0 aliphatic heterocycles. The Balaban J connectivity index is 2.15. The summed E-state index contributed by atoms with van der Waals surface area (Å²) in [7, 11) is 0. The highest BCUT2D eigenvalue weighted by molar-refractivity contribution is 5.23. The SMILES string of the molecule is O=[N+]([O-])C1=C(O[C@H]2CCCC[C@@H]2O)C=C(F)CC1. The first-order chi connectivity index (χ1) is 8.58. The van der Waals surface area contributed by atoms with Crippen LogP contribution < -0.4 is 0 Å². The first-order valence-corrected chi connectivity index (χ1v) is 6.16. The predicted molar refractivity (Wildman–Crippen MR) is 61.8 cm³/mol. The van der Waals surface area contributed by atoms with E-state index in [-0.39, 0.29) is 24.3 Å². The van der Waals surface area contributed by atoms with Gasteiger partial charge in [0, 0.05) is 18.9 Å². The van der Waals surface area contributed by atoms with Crippen LogP contribution in [-0.2, 0) is 4.74 Å². The number of hydrogen-bond acceptors (Lipinski definition) is 4. The Labute approximate surface area is 104 Å². The first kappa shape index (κ1) is 13.0. The minimum Gasteiger partial charge on any atom is -0.481 e. The molecule has 0 bridgehead atoms. The monoisotopic (exact) mass is 257 g/mol. The second kappa shape index (κ2) is 5.48. The molecule has 2 rings (SSSR count). The first-order valence-electron chi connectivity index (χ1n) is 6.16. The molecular formula is C12H16FNO4. The molecule has 2 atom stereocenters. The standard InChI is InChI=1S/C12H16FNO4/c13-8-5-6-9(14(16)17)12(7-8)18-11-4-2-1-3-10(11)15/h7,10-11,15H,1-6H2/t10-,11-/m0/s1. The van der Waals surface area contributed by atoms with Gasteiger partial charge in [0.05, 0.1) is 11.0 Å². The van der Waals surface area contributed by atoms with Gasteiger partial charge in [0.15, 0.2) is 5.76 Å². The van der Waals surface area contributed by atoms with Gasteiger partial charge >= 0.3 is 0 Å². The molecule has 0 heterocycles. The Bertz CT molecular complexity index is 405. The molecule has 0 aromatic rings. The van der Waals surface area contributed by atoms with Crippen LogP contribution in [0.25, 0.3) is 0 Å². The van der Waals surface area contributed by atoms with E-state index in [1.165, 1.54) is 0 Å². The van der Waals surface area contributed by atoms with Gasteiger partial charge in [0.1, 0.15) is 11.9 Å². The van der Waals surface area contributed by atoms with Crippen molar-refractivity contribution in [3.63, 3.8) is 0 Å². The summed E-state index contributed by atoms with van der Waals surface area (Å²) in [6.45, 7) is 0. The molecule has 0 radical (unpaired) electrons. The van der Waals surface area contributed by atoms with Crippen LogP contribution in [0.15, 0.2) is 23.4 Å². The normalized spacial score (nSPS) is 28.9. The zero-order valence-electron chi connectivity index (χ0n) is 9.97. The molecule has 2 aliphatic rings. The number of nitrogens with zero attached hydrogens (tertiary/aromatic N) is 1. The number of ether oxygens (including phenoxy) is 1. The van der Waals surface area contributed by atoms with Gasteiger partial charge < -0.3 is 9.84 Å². The van der Waals surface area contributed by atoms with E-state index in [4.69, 9.17) is 4.74 Å². The van der Waals surface area contributed by atoms with Gasteiger partial charge in [-0.05, 0) is 19.3 Å². The lowest BCUT2D eigenvalue weighted by molar-refractivity contribution is -0.431. The second-order valence-electron chi connectivity index (χ2n) is 4.67. The number of aliphatic hydroxyl groups excluding tert-OH is 1. The van der Waals surface area contributed by atoms with E-state index in [0.717, 1.165) is 18.9 Å². The maximum atomic E-state index is 13.2. The van der Waals surface area contributed by atoms with E-state index in [1.54, 1.807) is 0 Å². The van der Waals surface area contributed by atoms with Gasteiger partial charge in [0.2, 0.25) is 0 Å². The third kappa shape index (κ3) is 2.87. The van der Waals surface area contributed by atoms with Gasteiger partial charge in [-0.2, -0.15) is 0 Å². The third-order valence-corrected chi connectivity index (χ3v) is 3.34. The maximum Gasteiger partial charge on any atom is 0.288 e. The molecule has 18 heavy (non-hydrogen) atoms. The summed E-state index contributed by atoms with van der Waals surface area (Å²) in [5.74, 6) is -0.449. The summed E-state index contributed by atoms with van der Waals surface area (Å²) in [5.41, 5.74) is -0.103. The maximum absolute atomic E-state index is 13.2. The average Bonchev–Trinajstić information content (AvgIpc) is 2.32. The molecule has 0 amide bonds. The average molecular weight is 257 g/mol. The Hall–Kier alpha value is -1.43. The molecule has 0 aromatic heterocycles. The Kier molecular flexibility index (Phi) is 3.96. The van der Waals surface area contributed by atoms with E-state index in [2.05, 4.69) is 0 Å². The number of rotatable bonds is 3. The molecular weight excluding hydrogens is 241 g/mol. The summed E-state index contributed by atoms with van der Waals surface area (Å²) >= 11 is 0. The lowest BCUT2D eigenvalue weighted by Crippen LogP contribution is -2.32. The van der Waals surface area contributed by atoms with Crippen LogP contribution in [0, 0.1) is 10.1 Å². The van der Waals surface area contributed by atoms with Crippen molar-refractivity contribution in [2.75, 3.05) is 0 Å². The molecule has 5 nitrogen and oxygen atoms in total. The van der Waals surface area contributed by atoms with Crippen LogP contribution in [0.5, 0.6) is 0 Å². The van der Waals surface area contributed by atoms with Crippen molar-refractivity contribution >= 4 is 0 Å². The van der Waals surface area contributed by atoms with Crippen molar-refractivity contribution in [3.8, 4) is 0 Å². The Morgan fingerprint density at radius 2 is 2.11 bits per heavy atom. The number of hydrogen-bond donors (Lipinski definition) is 1. The van der Waals surface area contributed by atoms with Crippen LogP contribution in [0.4, 0.5) is 4.39 Å². The van der Waals surface area contributed by atoms with Crippen molar-refractivity contribution in [3.05, 3.63) is 33.5 Å². The smallest absolute Gasteiger partial charge is 0.288 e. The predicted octanol–water partition coefficient (Wildman–Crippen LogP) is 2.44.